The highest BCUT2D eigenvalue weighted by Gasteiger charge is 2.13. The maximum atomic E-state index is 13.2. The lowest BCUT2D eigenvalue weighted by Gasteiger charge is -2.28. The van der Waals surface area contributed by atoms with Crippen molar-refractivity contribution in [2.45, 2.75) is 6.54 Å². The number of carbonyl (C=O) groups is 1. The van der Waals surface area contributed by atoms with Crippen molar-refractivity contribution in [1.82, 2.24) is 10.3 Å². The van der Waals surface area contributed by atoms with E-state index in [-0.39, 0.29) is 12.1 Å². The van der Waals surface area contributed by atoms with Gasteiger partial charge in [0.2, 0.25) is 0 Å². The van der Waals surface area contributed by atoms with Gasteiger partial charge in [0.15, 0.2) is 11.6 Å². The van der Waals surface area contributed by atoms with Crippen LogP contribution in [0.2, 0.25) is 0 Å². The van der Waals surface area contributed by atoms with Crippen molar-refractivity contribution < 1.29 is 18.3 Å². The van der Waals surface area contributed by atoms with Crippen LogP contribution in [0, 0.1) is 11.6 Å². The normalized spacial score (nSPS) is 14.5. The van der Waals surface area contributed by atoms with Crippen LogP contribution in [0.5, 0.6) is 0 Å². The maximum absolute atomic E-state index is 13.2. The third-order valence-corrected chi connectivity index (χ3v) is 3.78. The molecule has 7 heteroatoms. The fourth-order valence-electron chi connectivity index (χ4n) is 2.46. The molecule has 1 aromatic carbocycles. The minimum absolute atomic E-state index is 0.0800. The van der Waals surface area contributed by atoms with Crippen LogP contribution in [0.15, 0.2) is 36.5 Å². The summed E-state index contributed by atoms with van der Waals surface area (Å²) >= 11 is 0. The predicted molar refractivity (Wildman–Crippen MR) is 84.8 cm³/mol. The molecular weight excluding hydrogens is 316 g/mol. The van der Waals surface area contributed by atoms with Gasteiger partial charge in [0, 0.05) is 31.4 Å². The third kappa shape index (κ3) is 3.86. The van der Waals surface area contributed by atoms with Crippen LogP contribution in [0.25, 0.3) is 0 Å². The summed E-state index contributed by atoms with van der Waals surface area (Å²) in [6.45, 7) is 3.16. The van der Waals surface area contributed by atoms with E-state index in [2.05, 4.69) is 15.2 Å². The molecule has 1 saturated heterocycles. The van der Waals surface area contributed by atoms with Crippen LogP contribution in [0.1, 0.15) is 15.9 Å². The van der Waals surface area contributed by atoms with E-state index in [1.807, 2.05) is 6.07 Å². The summed E-state index contributed by atoms with van der Waals surface area (Å²) in [5, 5.41) is 2.69. The number of nitrogens with one attached hydrogen (secondary N) is 1. The number of amides is 1. The Bertz CT molecular complexity index is 734. The van der Waals surface area contributed by atoms with Gasteiger partial charge in [-0.25, -0.2) is 13.8 Å². The number of benzene rings is 1. The number of rotatable bonds is 4. The van der Waals surface area contributed by atoms with Gasteiger partial charge in [-0.1, -0.05) is 0 Å². The van der Waals surface area contributed by atoms with Gasteiger partial charge in [-0.3, -0.25) is 4.79 Å². The molecule has 0 radical (unpaired) electrons. The van der Waals surface area contributed by atoms with Crippen molar-refractivity contribution in [2.24, 2.45) is 0 Å². The number of carbonyl (C=O) groups excluding carboxylic acids is 1. The molecule has 1 aliphatic heterocycles. The van der Waals surface area contributed by atoms with E-state index in [9.17, 15) is 13.6 Å². The molecule has 0 unspecified atom stereocenters. The summed E-state index contributed by atoms with van der Waals surface area (Å²) in [4.78, 5) is 18.5. The summed E-state index contributed by atoms with van der Waals surface area (Å²) in [6.07, 6.45) is 1.68. The highest BCUT2D eigenvalue weighted by Crippen LogP contribution is 2.14. The molecule has 0 bridgehead atoms. The smallest absolute Gasteiger partial charge is 0.251 e. The minimum atomic E-state index is -1.04. The molecule has 0 spiro atoms. The second-order valence-electron chi connectivity index (χ2n) is 5.43. The number of hydrogen-bond donors (Lipinski definition) is 1. The Balaban J connectivity index is 1.63. The van der Waals surface area contributed by atoms with Crippen molar-refractivity contribution in [1.29, 1.82) is 0 Å². The van der Waals surface area contributed by atoms with Gasteiger partial charge in [0.25, 0.3) is 5.91 Å². The molecule has 0 saturated carbocycles. The average molecular weight is 333 g/mol. The summed E-state index contributed by atoms with van der Waals surface area (Å²) < 4.78 is 31.4. The number of hydrogen-bond acceptors (Lipinski definition) is 4. The van der Waals surface area contributed by atoms with Gasteiger partial charge in [-0.15, -0.1) is 0 Å². The molecule has 2 aromatic rings. The Morgan fingerprint density at radius 2 is 1.96 bits per heavy atom. The van der Waals surface area contributed by atoms with E-state index in [0.29, 0.717) is 13.2 Å². The Morgan fingerprint density at radius 1 is 1.17 bits per heavy atom. The lowest BCUT2D eigenvalue weighted by atomic mass is 10.2. The van der Waals surface area contributed by atoms with Gasteiger partial charge < -0.3 is 15.0 Å². The van der Waals surface area contributed by atoms with Crippen LogP contribution in [0.4, 0.5) is 14.6 Å². The van der Waals surface area contributed by atoms with Crippen LogP contribution in [-0.2, 0) is 11.3 Å². The topological polar surface area (TPSA) is 54.5 Å². The summed E-state index contributed by atoms with van der Waals surface area (Å²) in [5.41, 5.74) is 0.957. The van der Waals surface area contributed by atoms with Crippen molar-refractivity contribution in [3.8, 4) is 0 Å². The fourth-order valence-corrected chi connectivity index (χ4v) is 2.46. The third-order valence-electron chi connectivity index (χ3n) is 3.78. The first-order valence-electron chi connectivity index (χ1n) is 7.64. The van der Waals surface area contributed by atoms with E-state index < -0.39 is 17.5 Å². The monoisotopic (exact) mass is 333 g/mol. The van der Waals surface area contributed by atoms with Gasteiger partial charge in [0.1, 0.15) is 5.82 Å². The predicted octanol–water partition coefficient (Wildman–Crippen LogP) is 2.13. The lowest BCUT2D eigenvalue weighted by Crippen LogP contribution is -2.36. The van der Waals surface area contributed by atoms with Crippen molar-refractivity contribution in [3.63, 3.8) is 0 Å². The zero-order chi connectivity index (χ0) is 16.9. The average Bonchev–Trinajstić information content (AvgIpc) is 2.63. The van der Waals surface area contributed by atoms with Gasteiger partial charge in [0.05, 0.1) is 13.2 Å². The number of halogens is 2. The highest BCUT2D eigenvalue weighted by atomic mass is 19.2. The summed E-state index contributed by atoms with van der Waals surface area (Å²) in [5.74, 6) is -1.64. The van der Waals surface area contributed by atoms with E-state index in [1.165, 1.54) is 6.07 Å². The Kier molecular flexibility index (Phi) is 5.00. The zero-order valence-corrected chi connectivity index (χ0v) is 13.0. The number of pyridine rings is 1. The van der Waals surface area contributed by atoms with Crippen molar-refractivity contribution in [3.05, 3.63) is 59.3 Å². The number of morpholine rings is 1. The molecule has 1 aliphatic rings. The summed E-state index contributed by atoms with van der Waals surface area (Å²) in [6, 6.07) is 6.77. The fraction of sp³-hybridized carbons (Fsp3) is 0.294. The van der Waals surface area contributed by atoms with Gasteiger partial charge >= 0.3 is 0 Å². The molecule has 1 aromatic heterocycles. The second-order valence-corrected chi connectivity index (χ2v) is 5.43. The summed E-state index contributed by atoms with van der Waals surface area (Å²) in [7, 11) is 0. The van der Waals surface area contributed by atoms with Crippen molar-refractivity contribution >= 4 is 11.7 Å². The molecule has 126 valence electrons. The van der Waals surface area contributed by atoms with Gasteiger partial charge in [-0.05, 0) is 35.9 Å². The molecule has 24 heavy (non-hydrogen) atoms. The zero-order valence-electron chi connectivity index (χ0n) is 13.0. The molecule has 0 atom stereocenters. The molecule has 1 amide bonds. The van der Waals surface area contributed by atoms with Crippen LogP contribution < -0.4 is 10.2 Å². The standard InChI is InChI=1S/C17H17F2N3O2/c18-14-2-1-13(10-15(14)19)17(23)21-11-12-3-4-20-16(9-12)22-5-7-24-8-6-22/h1-4,9-10H,5-8,11H2,(H,21,23). The Morgan fingerprint density at radius 3 is 2.71 bits per heavy atom. The molecule has 0 aliphatic carbocycles. The van der Waals surface area contributed by atoms with Crippen LogP contribution in [-0.4, -0.2) is 37.2 Å². The van der Waals surface area contributed by atoms with Gasteiger partial charge in [-0.2, -0.15) is 0 Å². The molecule has 3 rings (SSSR count). The van der Waals surface area contributed by atoms with E-state index in [0.717, 1.165) is 36.6 Å². The first-order chi connectivity index (χ1) is 11.6. The quantitative estimate of drug-likeness (QED) is 0.931. The number of anilines is 1. The largest absolute Gasteiger partial charge is 0.378 e. The minimum Gasteiger partial charge on any atom is -0.378 e. The van der Waals surface area contributed by atoms with E-state index in [1.54, 1.807) is 12.3 Å². The SMILES string of the molecule is O=C(NCc1ccnc(N2CCOCC2)c1)c1ccc(F)c(F)c1. The first-order valence-corrected chi connectivity index (χ1v) is 7.64. The molecule has 1 N–H and O–H groups in total. The molecule has 1 fully saturated rings. The van der Waals surface area contributed by atoms with Crippen LogP contribution >= 0.6 is 0 Å². The maximum Gasteiger partial charge on any atom is 0.251 e. The van der Waals surface area contributed by atoms with Crippen LogP contribution in [0.3, 0.4) is 0 Å². The number of ether oxygens (including phenoxy) is 1. The lowest BCUT2D eigenvalue weighted by molar-refractivity contribution is 0.0950. The molecule has 5 nitrogen and oxygen atoms in total. The second kappa shape index (κ2) is 7.35. The molecule has 2 heterocycles. The number of aromatic nitrogens is 1. The Labute approximate surface area is 138 Å². The highest BCUT2D eigenvalue weighted by molar-refractivity contribution is 5.94. The molecular formula is C17H17F2N3O2. The van der Waals surface area contributed by atoms with E-state index >= 15 is 0 Å². The number of nitrogens with zero attached hydrogens (tertiary/aromatic N) is 2. The first kappa shape index (κ1) is 16.3. The Hall–Kier alpha value is -2.54. The van der Waals surface area contributed by atoms with Crippen molar-refractivity contribution in [2.75, 3.05) is 31.2 Å². The van der Waals surface area contributed by atoms with E-state index in [4.69, 9.17) is 4.74 Å².